The van der Waals surface area contributed by atoms with Gasteiger partial charge in [0.15, 0.2) is 0 Å². The Labute approximate surface area is 134 Å². The van der Waals surface area contributed by atoms with Gasteiger partial charge in [0.2, 0.25) is 0 Å². The summed E-state index contributed by atoms with van der Waals surface area (Å²) in [5.41, 5.74) is -1.38. The molecule has 1 fully saturated rings. The molecular formula is C14H13ClF3NO4. The first-order valence-corrected chi connectivity index (χ1v) is 6.95. The van der Waals surface area contributed by atoms with Gasteiger partial charge in [-0.3, -0.25) is 4.79 Å². The molecule has 23 heavy (non-hydrogen) atoms. The molecular weight excluding hydrogens is 339 g/mol. The molecule has 5 nitrogen and oxygen atoms in total. The van der Waals surface area contributed by atoms with Crippen LogP contribution in [0.15, 0.2) is 18.2 Å². The van der Waals surface area contributed by atoms with Crippen molar-refractivity contribution in [2.45, 2.75) is 24.7 Å². The molecule has 1 N–H and O–H groups in total. The van der Waals surface area contributed by atoms with Crippen molar-refractivity contribution >= 4 is 23.5 Å². The number of carboxylic acid groups (broad SMARTS) is 1. The normalized spacial score (nSPS) is 21.5. The third kappa shape index (κ3) is 3.76. The fourth-order valence-electron chi connectivity index (χ4n) is 2.47. The predicted molar refractivity (Wildman–Crippen MR) is 74.3 cm³/mol. The number of rotatable bonds is 3. The van der Waals surface area contributed by atoms with Crippen molar-refractivity contribution < 1.29 is 32.6 Å². The number of aliphatic carboxylic acids is 1. The lowest BCUT2D eigenvalue weighted by Crippen LogP contribution is -2.40. The van der Waals surface area contributed by atoms with Crippen LogP contribution < -0.4 is 0 Å². The monoisotopic (exact) mass is 351 g/mol. The van der Waals surface area contributed by atoms with Gasteiger partial charge in [0, 0.05) is 30.7 Å². The largest absolute Gasteiger partial charge is 0.480 e. The van der Waals surface area contributed by atoms with Gasteiger partial charge in [-0.2, -0.15) is 13.2 Å². The lowest BCUT2D eigenvalue weighted by molar-refractivity contribution is -0.141. The molecule has 0 aliphatic carbocycles. The number of halogens is 4. The molecule has 1 amide bonds. The number of hydrogen-bond donors (Lipinski definition) is 1. The average Bonchev–Trinajstić information content (AvgIpc) is 2.89. The molecule has 0 spiro atoms. The van der Waals surface area contributed by atoms with Gasteiger partial charge in [0.05, 0.1) is 11.7 Å². The predicted octanol–water partition coefficient (Wildman–Crippen LogP) is 2.67. The van der Waals surface area contributed by atoms with E-state index in [2.05, 4.69) is 0 Å². The molecule has 0 radical (unpaired) electrons. The van der Waals surface area contributed by atoms with Crippen LogP contribution >= 0.6 is 11.6 Å². The molecule has 2 unspecified atom stereocenters. The molecule has 0 saturated carbocycles. The van der Waals surface area contributed by atoms with Crippen molar-refractivity contribution in [3.8, 4) is 0 Å². The lowest BCUT2D eigenvalue weighted by atomic mass is 10.1. The van der Waals surface area contributed by atoms with Gasteiger partial charge in [-0.25, -0.2) is 4.79 Å². The molecule has 0 aromatic heterocycles. The van der Waals surface area contributed by atoms with Crippen molar-refractivity contribution in [2.75, 3.05) is 13.7 Å². The summed E-state index contributed by atoms with van der Waals surface area (Å²) in [5.74, 6) is -2.07. The zero-order valence-corrected chi connectivity index (χ0v) is 12.7. The van der Waals surface area contributed by atoms with Crippen LogP contribution in [0.1, 0.15) is 22.3 Å². The van der Waals surface area contributed by atoms with E-state index in [9.17, 15) is 27.9 Å². The van der Waals surface area contributed by atoms with E-state index in [-0.39, 0.29) is 23.6 Å². The molecule has 9 heteroatoms. The highest BCUT2D eigenvalue weighted by atomic mass is 35.5. The van der Waals surface area contributed by atoms with Crippen LogP contribution in [-0.2, 0) is 15.7 Å². The van der Waals surface area contributed by atoms with Crippen LogP contribution in [0.25, 0.3) is 0 Å². The average molecular weight is 352 g/mol. The summed E-state index contributed by atoms with van der Waals surface area (Å²) in [5, 5.41) is 8.92. The minimum absolute atomic E-state index is 0.0137. The summed E-state index contributed by atoms with van der Waals surface area (Å²) < 4.78 is 43.5. The number of ether oxygens (including phenoxy) is 1. The zero-order valence-electron chi connectivity index (χ0n) is 11.9. The number of carboxylic acids is 1. The molecule has 1 aliphatic rings. The van der Waals surface area contributed by atoms with Gasteiger partial charge < -0.3 is 14.7 Å². The Kier molecular flexibility index (Phi) is 4.86. The number of nitrogens with zero attached hydrogens (tertiary/aromatic N) is 1. The summed E-state index contributed by atoms with van der Waals surface area (Å²) in [4.78, 5) is 24.7. The number of methoxy groups -OCH3 is 1. The van der Waals surface area contributed by atoms with E-state index < -0.39 is 35.8 Å². The van der Waals surface area contributed by atoms with Crippen molar-refractivity contribution in [2.24, 2.45) is 0 Å². The summed E-state index contributed by atoms with van der Waals surface area (Å²) >= 11 is 5.65. The molecule has 2 rings (SSSR count). The van der Waals surface area contributed by atoms with E-state index in [0.29, 0.717) is 12.1 Å². The Morgan fingerprint density at radius 3 is 2.52 bits per heavy atom. The Morgan fingerprint density at radius 2 is 2.00 bits per heavy atom. The van der Waals surface area contributed by atoms with Crippen molar-refractivity contribution in [3.05, 3.63) is 34.3 Å². The Balaban J connectivity index is 2.36. The van der Waals surface area contributed by atoms with E-state index >= 15 is 0 Å². The van der Waals surface area contributed by atoms with E-state index in [1.165, 1.54) is 7.11 Å². The third-order valence-corrected chi connectivity index (χ3v) is 3.83. The van der Waals surface area contributed by atoms with Gasteiger partial charge in [0.1, 0.15) is 6.04 Å². The van der Waals surface area contributed by atoms with Crippen molar-refractivity contribution in [1.29, 1.82) is 0 Å². The maximum atomic E-state index is 12.8. The van der Waals surface area contributed by atoms with Crippen molar-refractivity contribution in [1.82, 2.24) is 4.90 Å². The number of hydrogen-bond acceptors (Lipinski definition) is 3. The molecule has 1 heterocycles. The maximum Gasteiger partial charge on any atom is 0.416 e. The van der Waals surface area contributed by atoms with Gasteiger partial charge in [-0.05, 0) is 18.2 Å². The SMILES string of the molecule is COC1CC(C(=O)O)N(C(=O)c2cc(Cl)cc(C(F)(F)F)c2)C1. The maximum absolute atomic E-state index is 12.8. The Hall–Kier alpha value is -1.80. The minimum Gasteiger partial charge on any atom is -0.480 e. The van der Waals surface area contributed by atoms with Crippen molar-refractivity contribution in [3.63, 3.8) is 0 Å². The van der Waals surface area contributed by atoms with E-state index in [1.807, 2.05) is 0 Å². The smallest absolute Gasteiger partial charge is 0.416 e. The fraction of sp³-hybridized carbons (Fsp3) is 0.429. The molecule has 1 saturated heterocycles. The number of amides is 1. The second-order valence-corrected chi connectivity index (χ2v) is 5.57. The first-order valence-electron chi connectivity index (χ1n) is 6.58. The topological polar surface area (TPSA) is 66.8 Å². The standard InChI is InChI=1S/C14H13ClF3NO4/c1-23-10-5-11(13(21)22)19(6-10)12(20)7-2-8(14(16,17)18)4-9(15)3-7/h2-4,10-11H,5-6H2,1H3,(H,21,22). The van der Waals surface area contributed by atoms with E-state index in [0.717, 1.165) is 11.0 Å². The molecule has 1 aromatic carbocycles. The number of alkyl halides is 3. The molecule has 1 aromatic rings. The lowest BCUT2D eigenvalue weighted by Gasteiger charge is -2.22. The Bertz CT molecular complexity index is 635. The Morgan fingerprint density at radius 1 is 1.35 bits per heavy atom. The van der Waals surface area contributed by atoms with E-state index in [1.54, 1.807) is 0 Å². The van der Waals surface area contributed by atoms with Crippen LogP contribution in [0.3, 0.4) is 0 Å². The highest BCUT2D eigenvalue weighted by Crippen LogP contribution is 2.33. The summed E-state index contributed by atoms with van der Waals surface area (Å²) in [7, 11) is 1.37. The summed E-state index contributed by atoms with van der Waals surface area (Å²) in [6.07, 6.45) is -5.07. The van der Waals surface area contributed by atoms with Crippen LogP contribution in [0, 0.1) is 0 Å². The molecule has 0 bridgehead atoms. The number of benzene rings is 1. The highest BCUT2D eigenvalue weighted by molar-refractivity contribution is 6.31. The van der Waals surface area contributed by atoms with Crippen LogP contribution in [0.2, 0.25) is 5.02 Å². The van der Waals surface area contributed by atoms with Crippen LogP contribution in [0.4, 0.5) is 13.2 Å². The second kappa shape index (κ2) is 6.37. The minimum atomic E-state index is -4.66. The highest BCUT2D eigenvalue weighted by Gasteiger charge is 2.41. The molecule has 2 atom stereocenters. The zero-order chi connectivity index (χ0) is 17.4. The second-order valence-electron chi connectivity index (χ2n) is 5.13. The summed E-state index contributed by atoms with van der Waals surface area (Å²) in [6, 6.07) is 1.29. The third-order valence-electron chi connectivity index (χ3n) is 3.61. The van der Waals surface area contributed by atoms with Gasteiger partial charge in [-0.1, -0.05) is 11.6 Å². The first kappa shape index (κ1) is 17.6. The quantitative estimate of drug-likeness (QED) is 0.909. The molecule has 126 valence electrons. The molecule has 1 aliphatic heterocycles. The van der Waals surface area contributed by atoms with Crippen LogP contribution in [0.5, 0.6) is 0 Å². The first-order chi connectivity index (χ1) is 10.6. The number of carbonyl (C=O) groups is 2. The van der Waals surface area contributed by atoms with Gasteiger partial charge >= 0.3 is 12.1 Å². The fourth-order valence-corrected chi connectivity index (χ4v) is 2.70. The van der Waals surface area contributed by atoms with E-state index in [4.69, 9.17) is 16.3 Å². The van der Waals surface area contributed by atoms with Gasteiger partial charge in [0.25, 0.3) is 5.91 Å². The number of carbonyl (C=O) groups excluding carboxylic acids is 1. The number of likely N-dealkylation sites (tertiary alicyclic amines) is 1. The van der Waals surface area contributed by atoms with Gasteiger partial charge in [-0.15, -0.1) is 0 Å². The summed E-state index contributed by atoms with van der Waals surface area (Å²) in [6.45, 7) is -0.0137. The van der Waals surface area contributed by atoms with Crippen LogP contribution in [-0.4, -0.2) is 47.7 Å².